The number of carbonyl (C=O) groups excluding carboxylic acids is 1. The molecule has 1 aliphatic carbocycles. The summed E-state index contributed by atoms with van der Waals surface area (Å²) >= 11 is 0. The summed E-state index contributed by atoms with van der Waals surface area (Å²) in [6.45, 7) is 7.55. The van der Waals surface area contributed by atoms with Gasteiger partial charge in [0.15, 0.2) is 0 Å². The van der Waals surface area contributed by atoms with Gasteiger partial charge in [0.1, 0.15) is 5.82 Å². The fraction of sp³-hybridized carbons (Fsp3) is 0.800. The molecule has 0 bridgehead atoms. The topological polar surface area (TPSA) is 50.6 Å². The summed E-state index contributed by atoms with van der Waals surface area (Å²) in [7, 11) is 0. The van der Waals surface area contributed by atoms with Crippen LogP contribution in [-0.2, 0) is 16.1 Å². The van der Waals surface area contributed by atoms with Crippen molar-refractivity contribution in [2.45, 2.75) is 51.0 Å². The molecule has 0 spiro atoms. The minimum atomic E-state index is 0.322. The molecule has 1 atom stereocenters. The third kappa shape index (κ3) is 4.65. The molecule has 2 aliphatic heterocycles. The number of hydrogen-bond acceptors (Lipinski definition) is 4. The second-order valence-electron chi connectivity index (χ2n) is 8.12. The Kier molecular flexibility index (Phi) is 5.90. The van der Waals surface area contributed by atoms with Gasteiger partial charge in [-0.2, -0.15) is 0 Å². The first-order valence-electron chi connectivity index (χ1n) is 10.4. The van der Waals surface area contributed by atoms with E-state index >= 15 is 0 Å². The van der Waals surface area contributed by atoms with Crippen LogP contribution < -0.4 is 0 Å². The number of carbonyl (C=O) groups is 1. The van der Waals surface area contributed by atoms with E-state index < -0.39 is 0 Å². The molecule has 4 rings (SSSR count). The Balaban J connectivity index is 1.26. The third-order valence-electron chi connectivity index (χ3n) is 6.01. The van der Waals surface area contributed by atoms with Crippen molar-refractivity contribution in [2.24, 2.45) is 5.92 Å². The first kappa shape index (κ1) is 18.0. The molecule has 26 heavy (non-hydrogen) atoms. The Morgan fingerprint density at radius 1 is 1.19 bits per heavy atom. The van der Waals surface area contributed by atoms with Gasteiger partial charge in [-0.15, -0.1) is 0 Å². The molecular weight excluding hydrogens is 328 g/mol. The van der Waals surface area contributed by atoms with Crippen molar-refractivity contribution >= 4 is 5.91 Å². The minimum absolute atomic E-state index is 0.322. The predicted octanol–water partition coefficient (Wildman–Crippen LogP) is 2.11. The fourth-order valence-corrected chi connectivity index (χ4v) is 4.26. The van der Waals surface area contributed by atoms with Gasteiger partial charge in [0.2, 0.25) is 5.91 Å². The molecule has 3 fully saturated rings. The average molecular weight is 361 g/mol. The lowest BCUT2D eigenvalue weighted by Crippen LogP contribution is -2.40. The SMILES string of the molecule is O=C(CCCN1CCOCC1)N1CCCC(c2nccn2CC2CC2)C1. The Bertz CT molecular complexity index is 592. The molecule has 6 nitrogen and oxygen atoms in total. The van der Waals surface area contributed by atoms with Crippen molar-refractivity contribution in [1.29, 1.82) is 0 Å². The predicted molar refractivity (Wildman–Crippen MR) is 100.0 cm³/mol. The van der Waals surface area contributed by atoms with Crippen LogP contribution >= 0.6 is 0 Å². The number of piperidine rings is 1. The summed E-state index contributed by atoms with van der Waals surface area (Å²) in [5.41, 5.74) is 0. The van der Waals surface area contributed by atoms with E-state index in [0.29, 0.717) is 18.2 Å². The van der Waals surface area contributed by atoms with Gasteiger partial charge in [-0.1, -0.05) is 0 Å². The summed E-state index contributed by atoms with van der Waals surface area (Å²) in [6.07, 6.45) is 10.6. The highest BCUT2D eigenvalue weighted by molar-refractivity contribution is 5.76. The van der Waals surface area contributed by atoms with Crippen LogP contribution in [0.1, 0.15) is 50.3 Å². The first-order valence-corrected chi connectivity index (χ1v) is 10.4. The van der Waals surface area contributed by atoms with Crippen molar-refractivity contribution in [3.8, 4) is 0 Å². The molecule has 0 radical (unpaired) electrons. The molecule has 1 aromatic rings. The second kappa shape index (κ2) is 8.53. The molecule has 0 aromatic carbocycles. The lowest BCUT2D eigenvalue weighted by atomic mass is 9.96. The second-order valence-corrected chi connectivity index (χ2v) is 8.12. The summed E-state index contributed by atoms with van der Waals surface area (Å²) in [4.78, 5) is 21.8. The van der Waals surface area contributed by atoms with E-state index in [2.05, 4.69) is 25.5 Å². The van der Waals surface area contributed by atoms with E-state index in [1.165, 1.54) is 18.7 Å². The van der Waals surface area contributed by atoms with Gasteiger partial charge >= 0.3 is 0 Å². The highest BCUT2D eigenvalue weighted by atomic mass is 16.5. The number of amides is 1. The quantitative estimate of drug-likeness (QED) is 0.747. The molecule has 1 aromatic heterocycles. The molecule has 3 heterocycles. The van der Waals surface area contributed by atoms with Crippen LogP contribution in [0.25, 0.3) is 0 Å². The van der Waals surface area contributed by atoms with E-state index in [1.807, 2.05) is 6.20 Å². The Morgan fingerprint density at radius 3 is 2.85 bits per heavy atom. The zero-order chi connectivity index (χ0) is 17.8. The number of rotatable bonds is 7. The van der Waals surface area contributed by atoms with Crippen LogP contribution in [0.3, 0.4) is 0 Å². The molecule has 1 amide bonds. The minimum Gasteiger partial charge on any atom is -0.379 e. The molecule has 144 valence electrons. The number of ether oxygens (including phenoxy) is 1. The van der Waals surface area contributed by atoms with Gasteiger partial charge in [0, 0.05) is 57.5 Å². The molecule has 3 aliphatic rings. The standard InChI is InChI=1S/C20H32N4O2/c25-19(4-2-8-22-11-13-26-14-12-22)23-9-1-3-18(16-23)20-21-7-10-24(20)15-17-5-6-17/h7,10,17-18H,1-6,8-9,11-16H2. The van der Waals surface area contributed by atoms with Crippen molar-refractivity contribution in [3.05, 3.63) is 18.2 Å². The fourth-order valence-electron chi connectivity index (χ4n) is 4.26. The number of likely N-dealkylation sites (tertiary alicyclic amines) is 1. The van der Waals surface area contributed by atoms with Gasteiger partial charge in [0.25, 0.3) is 0 Å². The molecular formula is C20H32N4O2. The monoisotopic (exact) mass is 360 g/mol. The van der Waals surface area contributed by atoms with Gasteiger partial charge < -0.3 is 14.2 Å². The summed E-state index contributed by atoms with van der Waals surface area (Å²) in [5.74, 6) is 2.77. The molecule has 2 saturated heterocycles. The highest BCUT2D eigenvalue weighted by Crippen LogP contribution is 2.33. The maximum Gasteiger partial charge on any atom is 0.222 e. The third-order valence-corrected chi connectivity index (χ3v) is 6.01. The van der Waals surface area contributed by atoms with E-state index in [0.717, 1.165) is 77.7 Å². The van der Waals surface area contributed by atoms with Gasteiger partial charge in [-0.3, -0.25) is 9.69 Å². The Hall–Kier alpha value is -1.40. The smallest absolute Gasteiger partial charge is 0.222 e. The van der Waals surface area contributed by atoms with Crippen molar-refractivity contribution < 1.29 is 9.53 Å². The van der Waals surface area contributed by atoms with Crippen LogP contribution in [0.15, 0.2) is 12.4 Å². The van der Waals surface area contributed by atoms with Crippen LogP contribution in [0, 0.1) is 5.92 Å². The van der Waals surface area contributed by atoms with Gasteiger partial charge in [-0.25, -0.2) is 4.98 Å². The largest absolute Gasteiger partial charge is 0.379 e. The van der Waals surface area contributed by atoms with Crippen LogP contribution in [-0.4, -0.2) is 71.2 Å². The molecule has 6 heteroatoms. The van der Waals surface area contributed by atoms with E-state index in [-0.39, 0.29) is 0 Å². The van der Waals surface area contributed by atoms with E-state index in [1.54, 1.807) is 0 Å². The van der Waals surface area contributed by atoms with E-state index in [9.17, 15) is 4.79 Å². The normalized spacial score (nSPS) is 24.8. The van der Waals surface area contributed by atoms with Crippen molar-refractivity contribution in [1.82, 2.24) is 19.4 Å². The number of aromatic nitrogens is 2. The highest BCUT2D eigenvalue weighted by Gasteiger charge is 2.29. The van der Waals surface area contributed by atoms with Crippen LogP contribution in [0.4, 0.5) is 0 Å². The Morgan fingerprint density at radius 2 is 2.04 bits per heavy atom. The maximum atomic E-state index is 12.7. The zero-order valence-corrected chi connectivity index (χ0v) is 15.8. The summed E-state index contributed by atoms with van der Waals surface area (Å²) < 4.78 is 7.72. The summed E-state index contributed by atoms with van der Waals surface area (Å²) in [6, 6.07) is 0. The molecule has 1 saturated carbocycles. The van der Waals surface area contributed by atoms with Crippen LogP contribution in [0.2, 0.25) is 0 Å². The van der Waals surface area contributed by atoms with Gasteiger partial charge in [-0.05, 0) is 44.6 Å². The summed E-state index contributed by atoms with van der Waals surface area (Å²) in [5, 5.41) is 0. The first-order chi connectivity index (χ1) is 12.8. The number of morpholine rings is 1. The average Bonchev–Trinajstić information content (AvgIpc) is 3.37. The molecule has 1 unspecified atom stereocenters. The molecule has 0 N–H and O–H groups in total. The lowest BCUT2D eigenvalue weighted by Gasteiger charge is -2.33. The number of nitrogens with zero attached hydrogens (tertiary/aromatic N) is 4. The number of imidazole rings is 1. The maximum absolute atomic E-state index is 12.7. The van der Waals surface area contributed by atoms with Crippen molar-refractivity contribution in [2.75, 3.05) is 45.9 Å². The lowest BCUT2D eigenvalue weighted by molar-refractivity contribution is -0.132. The van der Waals surface area contributed by atoms with Crippen molar-refractivity contribution in [3.63, 3.8) is 0 Å². The zero-order valence-electron chi connectivity index (χ0n) is 15.8. The number of hydrogen-bond donors (Lipinski definition) is 0. The van der Waals surface area contributed by atoms with Crippen LogP contribution in [0.5, 0.6) is 0 Å². The van der Waals surface area contributed by atoms with E-state index in [4.69, 9.17) is 4.74 Å². The Labute approximate surface area is 156 Å². The van der Waals surface area contributed by atoms with Gasteiger partial charge in [0.05, 0.1) is 13.2 Å².